The number of thiophene rings is 1. The molecule has 2 aromatic rings. The minimum Gasteiger partial charge on any atom is -0.493 e. The third-order valence-corrected chi connectivity index (χ3v) is 5.87. The third-order valence-electron chi connectivity index (χ3n) is 4.20. The summed E-state index contributed by atoms with van der Waals surface area (Å²) in [5.74, 6) is -0.453. The standard InChI is InChI=1S/C18H19NO6S2/c1-4-25-15-6-5-11(7-16(15)24-2)14(10-27(3,22)23)19-17(20)12-8-26-9-13(12)18(19)21/h5-9,14H,4,10H2,1-3H3. The number of fused-ring (bicyclic) bond motifs is 1. The molecule has 0 bridgehead atoms. The van der Waals surface area contributed by atoms with E-state index in [1.54, 1.807) is 29.0 Å². The summed E-state index contributed by atoms with van der Waals surface area (Å²) in [6.07, 6.45) is 1.08. The van der Waals surface area contributed by atoms with Crippen LogP contribution >= 0.6 is 11.3 Å². The van der Waals surface area contributed by atoms with Crippen LogP contribution < -0.4 is 9.47 Å². The van der Waals surface area contributed by atoms with Crippen LogP contribution in [0.1, 0.15) is 39.2 Å². The van der Waals surface area contributed by atoms with Gasteiger partial charge in [-0.3, -0.25) is 14.5 Å². The Morgan fingerprint density at radius 2 is 1.74 bits per heavy atom. The molecule has 0 aliphatic carbocycles. The van der Waals surface area contributed by atoms with E-state index in [4.69, 9.17) is 9.47 Å². The van der Waals surface area contributed by atoms with Crippen molar-refractivity contribution in [2.24, 2.45) is 0 Å². The van der Waals surface area contributed by atoms with Crippen LogP contribution in [0.25, 0.3) is 0 Å². The normalized spacial score (nSPS) is 15.0. The second kappa shape index (κ2) is 7.32. The fraction of sp³-hybridized carbons (Fsp3) is 0.333. The molecule has 0 N–H and O–H groups in total. The topological polar surface area (TPSA) is 90.0 Å². The minimum absolute atomic E-state index is 0.307. The SMILES string of the molecule is CCOc1ccc(C(CS(C)(=O)=O)N2C(=O)c3cscc3C2=O)cc1OC. The number of ether oxygens (including phenoxy) is 2. The maximum Gasteiger partial charge on any atom is 0.263 e. The van der Waals surface area contributed by atoms with Crippen molar-refractivity contribution in [3.63, 3.8) is 0 Å². The molecule has 0 saturated heterocycles. The second-order valence-electron chi connectivity index (χ2n) is 6.13. The van der Waals surface area contributed by atoms with Gasteiger partial charge in [0.25, 0.3) is 11.8 Å². The van der Waals surface area contributed by atoms with Crippen molar-refractivity contribution >= 4 is 33.0 Å². The number of sulfone groups is 1. The molecule has 0 radical (unpaired) electrons. The first-order valence-electron chi connectivity index (χ1n) is 8.19. The molecule has 9 heteroatoms. The Kier molecular flexibility index (Phi) is 5.25. The average molecular weight is 409 g/mol. The highest BCUT2D eigenvalue weighted by Gasteiger charge is 2.42. The Labute approximate surface area is 161 Å². The molecular formula is C18H19NO6S2. The van der Waals surface area contributed by atoms with Gasteiger partial charge in [0.1, 0.15) is 9.84 Å². The monoisotopic (exact) mass is 409 g/mol. The van der Waals surface area contributed by atoms with E-state index >= 15 is 0 Å². The van der Waals surface area contributed by atoms with Gasteiger partial charge < -0.3 is 9.47 Å². The Morgan fingerprint density at radius 1 is 1.11 bits per heavy atom. The Bertz CT molecular complexity index is 965. The highest BCUT2D eigenvalue weighted by Crippen LogP contribution is 2.37. The molecule has 0 saturated carbocycles. The van der Waals surface area contributed by atoms with Crippen molar-refractivity contribution in [2.75, 3.05) is 25.7 Å². The molecule has 1 aromatic carbocycles. The van der Waals surface area contributed by atoms with Gasteiger partial charge in [0.2, 0.25) is 0 Å². The number of hydrogen-bond donors (Lipinski definition) is 0. The number of nitrogens with zero attached hydrogens (tertiary/aromatic N) is 1. The van der Waals surface area contributed by atoms with Crippen LogP contribution in [0.4, 0.5) is 0 Å². The van der Waals surface area contributed by atoms with Crippen LogP contribution in [0.15, 0.2) is 29.0 Å². The van der Waals surface area contributed by atoms with E-state index in [0.29, 0.717) is 34.8 Å². The Hall–Kier alpha value is -2.39. The maximum absolute atomic E-state index is 12.8. The number of carbonyl (C=O) groups is 2. The van der Waals surface area contributed by atoms with Gasteiger partial charge in [-0.1, -0.05) is 6.07 Å². The molecule has 0 fully saturated rings. The van der Waals surface area contributed by atoms with Crippen LogP contribution in [-0.2, 0) is 9.84 Å². The van der Waals surface area contributed by atoms with Crippen molar-refractivity contribution in [1.29, 1.82) is 0 Å². The maximum atomic E-state index is 12.8. The Morgan fingerprint density at radius 3 is 2.26 bits per heavy atom. The lowest BCUT2D eigenvalue weighted by molar-refractivity contribution is 0.0597. The number of imide groups is 1. The molecular weight excluding hydrogens is 390 g/mol. The van der Waals surface area contributed by atoms with E-state index < -0.39 is 27.7 Å². The summed E-state index contributed by atoms with van der Waals surface area (Å²) in [6.45, 7) is 2.27. The summed E-state index contributed by atoms with van der Waals surface area (Å²) in [7, 11) is -2.01. The van der Waals surface area contributed by atoms with Crippen LogP contribution in [0.5, 0.6) is 11.5 Å². The van der Waals surface area contributed by atoms with Gasteiger partial charge in [0.05, 0.1) is 36.6 Å². The van der Waals surface area contributed by atoms with Gasteiger partial charge >= 0.3 is 0 Å². The van der Waals surface area contributed by atoms with Gasteiger partial charge in [-0.05, 0) is 24.6 Å². The summed E-state index contributed by atoms with van der Waals surface area (Å²) >= 11 is 1.26. The molecule has 1 aliphatic rings. The number of rotatable bonds is 7. The first-order chi connectivity index (χ1) is 12.8. The summed E-state index contributed by atoms with van der Waals surface area (Å²) in [4.78, 5) is 26.5. The molecule has 144 valence electrons. The first kappa shape index (κ1) is 19.4. The van der Waals surface area contributed by atoms with E-state index in [9.17, 15) is 18.0 Å². The molecule has 7 nitrogen and oxygen atoms in total. The van der Waals surface area contributed by atoms with Crippen molar-refractivity contribution in [3.05, 3.63) is 45.6 Å². The molecule has 1 unspecified atom stereocenters. The largest absolute Gasteiger partial charge is 0.493 e. The fourth-order valence-electron chi connectivity index (χ4n) is 3.04. The van der Waals surface area contributed by atoms with Gasteiger partial charge in [-0.25, -0.2) is 8.42 Å². The lowest BCUT2D eigenvalue weighted by Crippen LogP contribution is -2.37. The number of carbonyl (C=O) groups excluding carboxylic acids is 2. The van der Waals surface area contributed by atoms with E-state index in [-0.39, 0.29) is 5.75 Å². The van der Waals surface area contributed by atoms with Crippen LogP contribution in [0.3, 0.4) is 0 Å². The lowest BCUT2D eigenvalue weighted by Gasteiger charge is -2.26. The summed E-state index contributed by atoms with van der Waals surface area (Å²) in [5.41, 5.74) is 1.10. The predicted molar refractivity (Wildman–Crippen MR) is 101 cm³/mol. The zero-order chi connectivity index (χ0) is 19.8. The molecule has 2 amide bonds. The molecule has 3 rings (SSSR count). The number of hydrogen-bond acceptors (Lipinski definition) is 7. The van der Waals surface area contributed by atoms with Gasteiger partial charge in [0, 0.05) is 17.0 Å². The lowest BCUT2D eigenvalue weighted by atomic mass is 10.1. The molecule has 27 heavy (non-hydrogen) atoms. The highest BCUT2D eigenvalue weighted by molar-refractivity contribution is 7.90. The highest BCUT2D eigenvalue weighted by atomic mass is 32.2. The van der Waals surface area contributed by atoms with Crippen LogP contribution in [0, 0.1) is 0 Å². The quantitative estimate of drug-likeness (QED) is 0.653. The zero-order valence-corrected chi connectivity index (χ0v) is 16.7. The van der Waals surface area contributed by atoms with Gasteiger partial charge in [-0.2, -0.15) is 11.3 Å². The Balaban J connectivity index is 2.07. The fourth-order valence-corrected chi connectivity index (χ4v) is 4.75. The van der Waals surface area contributed by atoms with Crippen molar-refractivity contribution in [2.45, 2.75) is 13.0 Å². The number of benzene rings is 1. The average Bonchev–Trinajstić information content (AvgIpc) is 3.17. The van der Waals surface area contributed by atoms with E-state index in [2.05, 4.69) is 0 Å². The predicted octanol–water partition coefficient (Wildman–Crippen LogP) is 2.54. The third kappa shape index (κ3) is 3.70. The number of methoxy groups -OCH3 is 1. The second-order valence-corrected chi connectivity index (χ2v) is 9.06. The molecule has 1 atom stereocenters. The zero-order valence-electron chi connectivity index (χ0n) is 15.1. The minimum atomic E-state index is -3.48. The van der Waals surface area contributed by atoms with Gasteiger partial charge in [-0.15, -0.1) is 0 Å². The molecule has 1 aromatic heterocycles. The molecule has 1 aliphatic heterocycles. The van der Waals surface area contributed by atoms with Crippen molar-refractivity contribution in [3.8, 4) is 11.5 Å². The van der Waals surface area contributed by atoms with Crippen molar-refractivity contribution < 1.29 is 27.5 Å². The van der Waals surface area contributed by atoms with Crippen molar-refractivity contribution in [1.82, 2.24) is 4.90 Å². The van der Waals surface area contributed by atoms with E-state index in [1.165, 1.54) is 18.4 Å². The summed E-state index contributed by atoms with van der Waals surface area (Å²) in [6, 6.07) is 3.94. The smallest absolute Gasteiger partial charge is 0.263 e. The van der Waals surface area contributed by atoms with E-state index in [1.807, 2.05) is 6.92 Å². The van der Waals surface area contributed by atoms with E-state index in [0.717, 1.165) is 11.2 Å². The number of amides is 2. The molecule has 0 spiro atoms. The summed E-state index contributed by atoms with van der Waals surface area (Å²) < 4.78 is 34.8. The molecule has 2 heterocycles. The van der Waals surface area contributed by atoms with Crippen LogP contribution in [-0.4, -0.2) is 50.9 Å². The summed E-state index contributed by atoms with van der Waals surface area (Å²) in [5, 5.41) is 3.21. The van der Waals surface area contributed by atoms with Crippen LogP contribution in [0.2, 0.25) is 0 Å². The first-order valence-corrected chi connectivity index (χ1v) is 11.2. The van der Waals surface area contributed by atoms with Gasteiger partial charge in [0.15, 0.2) is 11.5 Å².